The second-order valence-corrected chi connectivity index (χ2v) is 5.51. The summed E-state index contributed by atoms with van der Waals surface area (Å²) in [5.41, 5.74) is 2.42. The highest BCUT2D eigenvalue weighted by Crippen LogP contribution is 2.16. The maximum Gasteiger partial charge on any atom is 0.284 e. The van der Waals surface area contributed by atoms with E-state index in [1.54, 1.807) is 31.2 Å². The third-order valence-electron chi connectivity index (χ3n) is 3.38. The zero-order valence-corrected chi connectivity index (χ0v) is 12.9. The summed E-state index contributed by atoms with van der Waals surface area (Å²) < 4.78 is 5.50. The molecular formula is C15H21ClN2O3. The van der Waals surface area contributed by atoms with Crippen LogP contribution in [0.3, 0.4) is 0 Å². The fourth-order valence-electron chi connectivity index (χ4n) is 2.16. The first-order valence-electron chi connectivity index (χ1n) is 7.21. The van der Waals surface area contributed by atoms with Gasteiger partial charge in [0.15, 0.2) is 6.10 Å². The average molecular weight is 313 g/mol. The minimum atomic E-state index is -0.627. The van der Waals surface area contributed by atoms with Gasteiger partial charge in [0.2, 0.25) is 0 Å². The van der Waals surface area contributed by atoms with Crippen LogP contribution < -0.4 is 10.2 Å². The standard InChI is InChI=1S/C15H21ClN2O3/c1-12(21-14-6-4-13(16)5-7-14)15(19)17-20-11-10-18-8-2-3-9-18/h4-7,12H,2-3,8-11H2,1H3,(H,17,19). The van der Waals surface area contributed by atoms with E-state index in [1.165, 1.54) is 12.8 Å². The minimum absolute atomic E-state index is 0.300. The molecule has 1 aromatic carbocycles. The number of nitrogens with zero attached hydrogens (tertiary/aromatic N) is 1. The molecule has 1 heterocycles. The van der Waals surface area contributed by atoms with Crippen LogP contribution in [0.1, 0.15) is 19.8 Å². The number of carbonyl (C=O) groups is 1. The van der Waals surface area contributed by atoms with E-state index in [-0.39, 0.29) is 5.91 Å². The van der Waals surface area contributed by atoms with Crippen molar-refractivity contribution in [1.29, 1.82) is 0 Å². The number of carbonyl (C=O) groups excluding carboxylic acids is 1. The number of hydroxylamine groups is 1. The Labute approximate surface area is 130 Å². The molecule has 0 aliphatic carbocycles. The van der Waals surface area contributed by atoms with Gasteiger partial charge in [0.05, 0.1) is 6.61 Å². The molecule has 6 heteroatoms. The highest BCUT2D eigenvalue weighted by Gasteiger charge is 2.15. The lowest BCUT2D eigenvalue weighted by molar-refractivity contribution is -0.140. The molecule has 0 radical (unpaired) electrons. The Hall–Kier alpha value is -1.30. The number of amides is 1. The number of likely N-dealkylation sites (tertiary alicyclic amines) is 1. The average Bonchev–Trinajstić information content (AvgIpc) is 2.99. The predicted octanol–water partition coefficient (Wildman–Crippen LogP) is 2.25. The Morgan fingerprint density at radius 3 is 2.67 bits per heavy atom. The van der Waals surface area contributed by atoms with Gasteiger partial charge < -0.3 is 9.64 Å². The maximum absolute atomic E-state index is 11.8. The van der Waals surface area contributed by atoms with E-state index in [2.05, 4.69) is 10.4 Å². The van der Waals surface area contributed by atoms with Crippen LogP contribution in [-0.2, 0) is 9.63 Å². The maximum atomic E-state index is 11.8. The fourth-order valence-corrected chi connectivity index (χ4v) is 2.28. The van der Waals surface area contributed by atoms with E-state index >= 15 is 0 Å². The number of nitrogens with one attached hydrogen (secondary N) is 1. The van der Waals surface area contributed by atoms with Crippen LogP contribution in [-0.4, -0.2) is 43.2 Å². The van der Waals surface area contributed by atoms with E-state index in [1.807, 2.05) is 0 Å². The van der Waals surface area contributed by atoms with Crippen LogP contribution in [0.2, 0.25) is 5.02 Å². The zero-order valence-electron chi connectivity index (χ0n) is 12.2. The number of halogens is 1. The molecule has 1 aromatic rings. The van der Waals surface area contributed by atoms with Gasteiger partial charge in [-0.2, -0.15) is 0 Å². The van der Waals surface area contributed by atoms with Crippen molar-refractivity contribution in [2.75, 3.05) is 26.2 Å². The van der Waals surface area contributed by atoms with E-state index in [0.717, 1.165) is 19.6 Å². The molecule has 5 nitrogen and oxygen atoms in total. The first kappa shape index (κ1) is 16.1. The molecule has 1 fully saturated rings. The number of rotatable bonds is 7. The van der Waals surface area contributed by atoms with Gasteiger partial charge in [-0.05, 0) is 57.1 Å². The topological polar surface area (TPSA) is 50.8 Å². The molecule has 2 rings (SSSR count). The third-order valence-corrected chi connectivity index (χ3v) is 3.63. The van der Waals surface area contributed by atoms with Crippen LogP contribution in [0, 0.1) is 0 Å². The molecule has 0 aromatic heterocycles. The van der Waals surface area contributed by atoms with Gasteiger partial charge in [-0.25, -0.2) is 5.48 Å². The van der Waals surface area contributed by atoms with Crippen molar-refractivity contribution in [2.45, 2.75) is 25.9 Å². The first-order chi connectivity index (χ1) is 10.1. The summed E-state index contributed by atoms with van der Waals surface area (Å²) in [6, 6.07) is 6.88. The van der Waals surface area contributed by atoms with Crippen molar-refractivity contribution in [3.63, 3.8) is 0 Å². The number of hydrogen-bond acceptors (Lipinski definition) is 4. The molecule has 0 bridgehead atoms. The Bertz CT molecular complexity index is 447. The van der Waals surface area contributed by atoms with Crippen LogP contribution >= 0.6 is 11.6 Å². The molecule has 1 saturated heterocycles. The Morgan fingerprint density at radius 1 is 1.33 bits per heavy atom. The monoisotopic (exact) mass is 312 g/mol. The van der Waals surface area contributed by atoms with E-state index < -0.39 is 6.10 Å². The van der Waals surface area contributed by atoms with E-state index in [0.29, 0.717) is 17.4 Å². The molecule has 0 spiro atoms. The molecule has 21 heavy (non-hydrogen) atoms. The van der Waals surface area contributed by atoms with Crippen LogP contribution in [0.25, 0.3) is 0 Å². The lowest BCUT2D eigenvalue weighted by Gasteiger charge is -2.16. The molecule has 0 saturated carbocycles. The molecule has 1 unspecified atom stereocenters. The summed E-state index contributed by atoms with van der Waals surface area (Å²) in [6.45, 7) is 5.24. The molecule has 1 atom stereocenters. The summed E-state index contributed by atoms with van der Waals surface area (Å²) in [6.07, 6.45) is 1.87. The molecule has 1 amide bonds. The van der Waals surface area contributed by atoms with Gasteiger partial charge in [-0.15, -0.1) is 0 Å². The smallest absolute Gasteiger partial charge is 0.284 e. The van der Waals surface area contributed by atoms with Crippen molar-refractivity contribution in [2.24, 2.45) is 0 Å². The lowest BCUT2D eigenvalue weighted by Crippen LogP contribution is -2.38. The van der Waals surface area contributed by atoms with Crippen LogP contribution in [0.15, 0.2) is 24.3 Å². The normalized spacial score (nSPS) is 16.7. The third kappa shape index (κ3) is 5.53. The van der Waals surface area contributed by atoms with Crippen molar-refractivity contribution in [3.05, 3.63) is 29.3 Å². The van der Waals surface area contributed by atoms with E-state index in [9.17, 15) is 4.79 Å². The van der Waals surface area contributed by atoms with Gasteiger partial charge in [0.25, 0.3) is 5.91 Å². The second kappa shape index (κ2) is 8.22. The second-order valence-electron chi connectivity index (χ2n) is 5.08. The SMILES string of the molecule is CC(Oc1ccc(Cl)cc1)C(=O)NOCCN1CCCC1. The molecule has 1 aliphatic heterocycles. The van der Waals surface area contributed by atoms with Crippen molar-refractivity contribution in [3.8, 4) is 5.75 Å². The number of hydrogen-bond donors (Lipinski definition) is 1. The molecule has 1 aliphatic rings. The number of benzene rings is 1. The highest BCUT2D eigenvalue weighted by atomic mass is 35.5. The predicted molar refractivity (Wildman–Crippen MR) is 81.3 cm³/mol. The van der Waals surface area contributed by atoms with Crippen molar-refractivity contribution < 1.29 is 14.4 Å². The summed E-state index contributed by atoms with van der Waals surface area (Å²) in [4.78, 5) is 19.3. The Balaban J connectivity index is 1.63. The fraction of sp³-hybridized carbons (Fsp3) is 0.533. The van der Waals surface area contributed by atoms with Crippen molar-refractivity contribution in [1.82, 2.24) is 10.4 Å². The Morgan fingerprint density at radius 2 is 2.00 bits per heavy atom. The summed E-state index contributed by atoms with van der Waals surface area (Å²) in [5, 5.41) is 0.629. The molecule has 1 N–H and O–H groups in total. The highest BCUT2D eigenvalue weighted by molar-refractivity contribution is 6.30. The van der Waals surface area contributed by atoms with Gasteiger partial charge in [0, 0.05) is 11.6 Å². The van der Waals surface area contributed by atoms with Gasteiger partial charge in [-0.1, -0.05) is 11.6 Å². The Kier molecular flexibility index (Phi) is 6.29. The quantitative estimate of drug-likeness (QED) is 0.620. The molecule has 116 valence electrons. The lowest BCUT2D eigenvalue weighted by atomic mass is 10.3. The van der Waals surface area contributed by atoms with Crippen LogP contribution in [0.5, 0.6) is 5.75 Å². The van der Waals surface area contributed by atoms with Crippen LogP contribution in [0.4, 0.5) is 0 Å². The van der Waals surface area contributed by atoms with Gasteiger partial charge in [-0.3, -0.25) is 9.63 Å². The molecular weight excluding hydrogens is 292 g/mol. The first-order valence-corrected chi connectivity index (χ1v) is 7.59. The summed E-state index contributed by atoms with van der Waals surface area (Å²) in [5.74, 6) is 0.297. The van der Waals surface area contributed by atoms with E-state index in [4.69, 9.17) is 21.2 Å². The van der Waals surface area contributed by atoms with Gasteiger partial charge in [0.1, 0.15) is 5.75 Å². The van der Waals surface area contributed by atoms with Gasteiger partial charge >= 0.3 is 0 Å². The number of ether oxygens (including phenoxy) is 1. The summed E-state index contributed by atoms with van der Waals surface area (Å²) in [7, 11) is 0. The zero-order chi connectivity index (χ0) is 15.1. The largest absolute Gasteiger partial charge is 0.481 e. The van der Waals surface area contributed by atoms with Crippen molar-refractivity contribution >= 4 is 17.5 Å². The summed E-state index contributed by atoms with van der Waals surface area (Å²) >= 11 is 5.79. The minimum Gasteiger partial charge on any atom is -0.481 e.